The number of halogens is 3. The number of hydrogen-bond acceptors (Lipinski definition) is 6. The first-order valence-corrected chi connectivity index (χ1v) is 12.4. The highest BCUT2D eigenvalue weighted by Crippen LogP contribution is 2.47. The van der Waals surface area contributed by atoms with E-state index >= 15 is 8.78 Å². The van der Waals surface area contributed by atoms with Crippen LogP contribution < -0.4 is 9.47 Å². The topological polar surface area (TPSA) is 94.7 Å². The van der Waals surface area contributed by atoms with Gasteiger partial charge < -0.3 is 19.1 Å². The maximum absolute atomic E-state index is 15.3. The summed E-state index contributed by atoms with van der Waals surface area (Å²) in [4.78, 5) is 15.4. The van der Waals surface area contributed by atoms with Gasteiger partial charge in [-0.05, 0) is 49.6 Å². The van der Waals surface area contributed by atoms with Crippen molar-refractivity contribution in [2.45, 2.75) is 44.6 Å². The Morgan fingerprint density at radius 3 is 2.74 bits per heavy atom. The van der Waals surface area contributed by atoms with Crippen LogP contribution in [0.15, 0.2) is 53.1 Å². The molecule has 2 aromatic heterocycles. The minimum absolute atomic E-state index is 0.00422. The fraction of sp³-hybridized carbons (Fsp3) is 0.250. The number of ether oxygens (including phenoxy) is 2. The van der Waals surface area contributed by atoms with Gasteiger partial charge in [-0.3, -0.25) is 0 Å². The zero-order valence-corrected chi connectivity index (χ0v) is 20.9. The van der Waals surface area contributed by atoms with E-state index in [-0.39, 0.29) is 41.0 Å². The van der Waals surface area contributed by atoms with Gasteiger partial charge in [-0.15, -0.1) is 0 Å². The molecule has 194 valence electrons. The van der Waals surface area contributed by atoms with Gasteiger partial charge in [0.25, 0.3) is 5.92 Å². The number of nitrogens with zero attached hydrogens (tertiary/aromatic N) is 2. The van der Waals surface area contributed by atoms with Gasteiger partial charge in [-0.25, -0.2) is 9.78 Å². The molecule has 2 aliphatic rings. The van der Waals surface area contributed by atoms with Crippen LogP contribution in [0.4, 0.5) is 8.78 Å². The summed E-state index contributed by atoms with van der Waals surface area (Å²) in [6.07, 6.45) is 1.24. The molecule has 0 unspecified atom stereocenters. The molecule has 0 amide bonds. The number of aryl methyl sites for hydroxylation is 1. The van der Waals surface area contributed by atoms with E-state index in [4.69, 9.17) is 25.6 Å². The van der Waals surface area contributed by atoms with Crippen molar-refractivity contribution in [1.29, 1.82) is 0 Å². The second-order valence-corrected chi connectivity index (χ2v) is 9.88. The zero-order valence-electron chi connectivity index (χ0n) is 20.1. The van der Waals surface area contributed by atoms with Crippen LogP contribution in [-0.4, -0.2) is 21.2 Å². The Balaban J connectivity index is 1.32. The van der Waals surface area contributed by atoms with Gasteiger partial charge in [-0.1, -0.05) is 35.0 Å². The standard InChI is InChI=1S/C28H21ClF2N2O5/c1-14-3-2-4-19(29)23(14)24-18(25(38-33-24)15-5-6-15)13-36-22-10-9-20-26(32-22)28(30,31)12-17-8-7-16(27(34)35)11-21(17)37-20/h2-4,7-11,15H,5-6,12-13H2,1H3,(H,34,35). The average Bonchev–Trinajstić information content (AvgIpc) is 3.65. The number of benzene rings is 2. The van der Waals surface area contributed by atoms with Crippen molar-refractivity contribution in [1.82, 2.24) is 10.1 Å². The van der Waals surface area contributed by atoms with Gasteiger partial charge in [0, 0.05) is 29.5 Å². The van der Waals surface area contributed by atoms with E-state index in [0.29, 0.717) is 22.0 Å². The molecule has 6 rings (SSSR count). The molecule has 1 aliphatic heterocycles. The first-order valence-electron chi connectivity index (χ1n) is 12.0. The van der Waals surface area contributed by atoms with Crippen molar-refractivity contribution < 1.29 is 32.7 Å². The van der Waals surface area contributed by atoms with Crippen LogP contribution in [0.25, 0.3) is 11.3 Å². The zero-order chi connectivity index (χ0) is 26.6. The number of alkyl halides is 2. The van der Waals surface area contributed by atoms with E-state index in [1.807, 2.05) is 19.1 Å². The molecule has 7 nitrogen and oxygen atoms in total. The summed E-state index contributed by atoms with van der Waals surface area (Å²) >= 11 is 6.48. The molecule has 1 saturated carbocycles. The normalized spacial score (nSPS) is 15.7. The molecule has 1 fully saturated rings. The van der Waals surface area contributed by atoms with Gasteiger partial charge in [0.1, 0.15) is 23.8 Å². The summed E-state index contributed by atoms with van der Waals surface area (Å²) < 4.78 is 47.9. The number of hydrogen-bond donors (Lipinski definition) is 1. The number of rotatable bonds is 6. The minimum atomic E-state index is -3.37. The molecule has 1 N–H and O–H groups in total. The molecule has 0 atom stereocenters. The van der Waals surface area contributed by atoms with E-state index in [2.05, 4.69) is 10.1 Å². The van der Waals surface area contributed by atoms with Crippen molar-refractivity contribution >= 4 is 17.6 Å². The molecule has 0 spiro atoms. The van der Waals surface area contributed by atoms with E-state index in [1.54, 1.807) is 6.07 Å². The number of fused-ring (bicyclic) bond motifs is 2. The van der Waals surface area contributed by atoms with Crippen molar-refractivity contribution in [3.8, 4) is 28.6 Å². The second-order valence-electron chi connectivity index (χ2n) is 9.48. The summed E-state index contributed by atoms with van der Waals surface area (Å²) in [5, 5.41) is 14.1. The predicted molar refractivity (Wildman–Crippen MR) is 133 cm³/mol. The molecular formula is C28H21ClF2N2O5. The highest BCUT2D eigenvalue weighted by molar-refractivity contribution is 6.33. The largest absolute Gasteiger partial charge is 0.478 e. The monoisotopic (exact) mass is 538 g/mol. The Morgan fingerprint density at radius 2 is 2.00 bits per heavy atom. The quantitative estimate of drug-likeness (QED) is 0.275. The third-order valence-corrected chi connectivity index (χ3v) is 7.03. The summed E-state index contributed by atoms with van der Waals surface area (Å²) in [7, 11) is 0. The van der Waals surface area contributed by atoms with Crippen LogP contribution in [0.3, 0.4) is 0 Å². The Morgan fingerprint density at radius 1 is 1.18 bits per heavy atom. The number of carboxylic acids is 1. The Labute approximate surface area is 221 Å². The Kier molecular flexibility index (Phi) is 5.83. The maximum atomic E-state index is 15.3. The SMILES string of the molecule is Cc1cccc(Cl)c1-c1noc(C2CC2)c1COc1ccc2c(n1)C(F)(F)Cc1ccc(C(=O)O)cc1O2. The maximum Gasteiger partial charge on any atom is 0.335 e. The van der Waals surface area contributed by atoms with Gasteiger partial charge in [0.05, 0.1) is 16.1 Å². The Hall–Kier alpha value is -3.98. The lowest BCUT2D eigenvalue weighted by Crippen LogP contribution is -2.18. The van der Waals surface area contributed by atoms with Crippen LogP contribution in [0.1, 0.15) is 57.3 Å². The van der Waals surface area contributed by atoms with E-state index in [9.17, 15) is 9.90 Å². The highest BCUT2D eigenvalue weighted by atomic mass is 35.5. The number of aromatic carboxylic acids is 1. The summed E-state index contributed by atoms with van der Waals surface area (Å²) in [5.74, 6) is -3.76. The van der Waals surface area contributed by atoms with E-state index < -0.39 is 24.0 Å². The minimum Gasteiger partial charge on any atom is -0.478 e. The molecule has 0 saturated heterocycles. The summed E-state index contributed by atoms with van der Waals surface area (Å²) in [6, 6.07) is 12.2. The number of carboxylic acid groups (broad SMARTS) is 1. The lowest BCUT2D eigenvalue weighted by atomic mass is 10.0. The molecule has 2 aromatic carbocycles. The fourth-order valence-corrected chi connectivity index (χ4v) is 4.94. The van der Waals surface area contributed by atoms with Crippen molar-refractivity contribution in [3.05, 3.63) is 87.3 Å². The van der Waals surface area contributed by atoms with Crippen LogP contribution >= 0.6 is 11.6 Å². The molecule has 3 heterocycles. The number of aromatic nitrogens is 2. The van der Waals surface area contributed by atoms with Crippen LogP contribution in [0.5, 0.6) is 17.4 Å². The summed E-state index contributed by atoms with van der Waals surface area (Å²) in [6.45, 7) is 1.92. The second kappa shape index (κ2) is 9.09. The average molecular weight is 539 g/mol. The van der Waals surface area contributed by atoms with Crippen LogP contribution in [0.2, 0.25) is 5.02 Å². The molecule has 4 aromatic rings. The molecular weight excluding hydrogens is 518 g/mol. The smallest absolute Gasteiger partial charge is 0.335 e. The van der Waals surface area contributed by atoms with E-state index in [0.717, 1.165) is 24.0 Å². The van der Waals surface area contributed by atoms with Crippen molar-refractivity contribution in [2.75, 3.05) is 0 Å². The van der Waals surface area contributed by atoms with Crippen molar-refractivity contribution in [3.63, 3.8) is 0 Å². The lowest BCUT2D eigenvalue weighted by molar-refractivity contribution is -0.00857. The van der Waals surface area contributed by atoms with E-state index in [1.165, 1.54) is 30.3 Å². The van der Waals surface area contributed by atoms with Crippen LogP contribution in [0, 0.1) is 6.92 Å². The molecule has 0 bridgehead atoms. The molecule has 1 aliphatic carbocycles. The predicted octanol–water partition coefficient (Wildman–Crippen LogP) is 7.29. The van der Waals surface area contributed by atoms with Crippen molar-refractivity contribution in [2.24, 2.45) is 0 Å². The first kappa shape index (κ1) is 24.4. The number of pyridine rings is 1. The first-order chi connectivity index (χ1) is 18.2. The van der Waals surface area contributed by atoms with Gasteiger partial charge in [0.2, 0.25) is 5.88 Å². The van der Waals surface area contributed by atoms with Gasteiger partial charge in [0.15, 0.2) is 11.4 Å². The molecule has 38 heavy (non-hydrogen) atoms. The molecule has 10 heteroatoms. The highest BCUT2D eigenvalue weighted by Gasteiger charge is 2.41. The van der Waals surface area contributed by atoms with Crippen LogP contribution in [-0.2, 0) is 19.0 Å². The Bertz CT molecular complexity index is 1560. The molecule has 0 radical (unpaired) electrons. The third kappa shape index (κ3) is 4.36. The number of carbonyl (C=O) groups is 1. The van der Waals surface area contributed by atoms with Gasteiger partial charge >= 0.3 is 5.97 Å². The third-order valence-electron chi connectivity index (χ3n) is 6.72. The lowest BCUT2D eigenvalue weighted by Gasteiger charge is -2.16. The fourth-order valence-electron chi connectivity index (χ4n) is 4.63. The van der Waals surface area contributed by atoms with Gasteiger partial charge in [-0.2, -0.15) is 8.78 Å². The summed E-state index contributed by atoms with van der Waals surface area (Å²) in [5.41, 5.74) is 2.45.